The van der Waals surface area contributed by atoms with Crippen molar-refractivity contribution in [3.05, 3.63) is 59.7 Å². The lowest BCUT2D eigenvalue weighted by atomic mass is 10.0. The molecule has 2 rings (SSSR count). The summed E-state index contributed by atoms with van der Waals surface area (Å²) < 4.78 is 27.1. The zero-order chi connectivity index (χ0) is 12.3. The minimum atomic E-state index is -0.880. The van der Waals surface area contributed by atoms with E-state index in [1.54, 1.807) is 30.3 Å². The molecule has 3 heteroatoms. The summed E-state index contributed by atoms with van der Waals surface area (Å²) in [4.78, 5) is 0. The molecule has 0 amide bonds. The van der Waals surface area contributed by atoms with E-state index in [1.807, 2.05) is 6.07 Å². The highest BCUT2D eigenvalue weighted by Crippen LogP contribution is 2.26. The smallest absolute Gasteiger partial charge is 0.166 e. The zero-order valence-corrected chi connectivity index (χ0v) is 9.16. The number of benzene rings is 2. The highest BCUT2D eigenvalue weighted by atomic mass is 19.2. The van der Waals surface area contributed by atoms with Crippen molar-refractivity contribution >= 4 is 0 Å². The lowest BCUT2D eigenvalue weighted by Gasteiger charge is -2.07. The molecule has 0 spiro atoms. The highest BCUT2D eigenvalue weighted by molar-refractivity contribution is 5.65. The summed E-state index contributed by atoms with van der Waals surface area (Å²) in [5.41, 5.74) is 1.45. The molecular weight excluding hydrogens is 222 g/mol. The molecule has 0 bridgehead atoms. The molecule has 88 valence electrons. The second kappa shape index (κ2) is 5.06. The maximum Gasteiger partial charge on any atom is 0.166 e. The van der Waals surface area contributed by atoms with Crippen molar-refractivity contribution in [1.82, 2.24) is 0 Å². The SMILES string of the molecule is OCCc1cc(F)c(F)c(-c2ccccc2)c1. The number of aliphatic hydroxyl groups excluding tert-OH is 1. The van der Waals surface area contributed by atoms with Gasteiger partial charge in [0.15, 0.2) is 11.6 Å². The predicted molar refractivity (Wildman–Crippen MR) is 62.6 cm³/mol. The Morgan fingerprint density at radius 1 is 1.00 bits per heavy atom. The van der Waals surface area contributed by atoms with Crippen LogP contribution in [0.1, 0.15) is 5.56 Å². The lowest BCUT2D eigenvalue weighted by Crippen LogP contribution is -1.97. The van der Waals surface area contributed by atoms with Gasteiger partial charge in [-0.15, -0.1) is 0 Å². The van der Waals surface area contributed by atoms with Crippen molar-refractivity contribution in [2.75, 3.05) is 6.61 Å². The molecule has 0 saturated carbocycles. The molecule has 1 N–H and O–H groups in total. The van der Waals surface area contributed by atoms with Crippen LogP contribution in [-0.2, 0) is 6.42 Å². The normalized spacial score (nSPS) is 10.5. The van der Waals surface area contributed by atoms with Crippen LogP contribution in [0, 0.1) is 11.6 Å². The lowest BCUT2D eigenvalue weighted by molar-refractivity contribution is 0.299. The van der Waals surface area contributed by atoms with Gasteiger partial charge in [0, 0.05) is 12.2 Å². The predicted octanol–water partition coefficient (Wildman–Crippen LogP) is 3.17. The van der Waals surface area contributed by atoms with E-state index in [2.05, 4.69) is 0 Å². The van der Waals surface area contributed by atoms with E-state index in [0.29, 0.717) is 17.5 Å². The van der Waals surface area contributed by atoms with Crippen molar-refractivity contribution < 1.29 is 13.9 Å². The fraction of sp³-hybridized carbons (Fsp3) is 0.143. The van der Waals surface area contributed by atoms with Crippen LogP contribution in [0.5, 0.6) is 0 Å². The fourth-order valence-corrected chi connectivity index (χ4v) is 1.75. The summed E-state index contributed by atoms with van der Waals surface area (Å²) in [7, 11) is 0. The van der Waals surface area contributed by atoms with Crippen molar-refractivity contribution in [2.24, 2.45) is 0 Å². The first-order valence-electron chi connectivity index (χ1n) is 5.36. The number of hydrogen-bond acceptors (Lipinski definition) is 1. The Labute approximate surface area is 98.3 Å². The average Bonchev–Trinajstić information content (AvgIpc) is 2.35. The first-order chi connectivity index (χ1) is 8.22. The standard InChI is InChI=1S/C14H12F2O/c15-13-9-10(6-7-17)8-12(14(13)16)11-4-2-1-3-5-11/h1-5,8-9,17H,6-7H2. The van der Waals surface area contributed by atoms with Crippen molar-refractivity contribution in [2.45, 2.75) is 6.42 Å². The maximum absolute atomic E-state index is 13.7. The quantitative estimate of drug-likeness (QED) is 0.864. The molecule has 0 aliphatic heterocycles. The van der Waals surface area contributed by atoms with Crippen molar-refractivity contribution in [3.8, 4) is 11.1 Å². The molecule has 0 aromatic heterocycles. The van der Waals surface area contributed by atoms with Gasteiger partial charge >= 0.3 is 0 Å². The Morgan fingerprint density at radius 3 is 2.35 bits per heavy atom. The molecule has 2 aromatic rings. The van der Waals surface area contributed by atoms with E-state index in [9.17, 15) is 8.78 Å². The van der Waals surface area contributed by atoms with Gasteiger partial charge in [-0.2, -0.15) is 0 Å². The third-order valence-corrected chi connectivity index (χ3v) is 2.57. The van der Waals surface area contributed by atoms with Gasteiger partial charge in [-0.05, 0) is 29.7 Å². The fourth-order valence-electron chi connectivity index (χ4n) is 1.75. The number of hydrogen-bond donors (Lipinski definition) is 1. The molecule has 17 heavy (non-hydrogen) atoms. The second-order valence-electron chi connectivity index (χ2n) is 3.78. The van der Waals surface area contributed by atoms with E-state index in [0.717, 1.165) is 6.07 Å². The monoisotopic (exact) mass is 234 g/mol. The molecule has 0 aliphatic carbocycles. The van der Waals surface area contributed by atoms with Gasteiger partial charge in [0.05, 0.1) is 0 Å². The van der Waals surface area contributed by atoms with E-state index in [1.165, 1.54) is 0 Å². The Bertz CT molecular complexity index is 509. The molecule has 0 fully saturated rings. The van der Waals surface area contributed by atoms with Gasteiger partial charge in [-0.3, -0.25) is 0 Å². The van der Waals surface area contributed by atoms with Crippen LogP contribution in [0.4, 0.5) is 8.78 Å². The molecule has 0 atom stereocenters. The second-order valence-corrected chi connectivity index (χ2v) is 3.78. The third kappa shape index (κ3) is 2.50. The zero-order valence-electron chi connectivity index (χ0n) is 9.16. The van der Waals surface area contributed by atoms with Crippen molar-refractivity contribution in [1.29, 1.82) is 0 Å². The molecule has 0 heterocycles. The Kier molecular flexibility index (Phi) is 3.49. The Hall–Kier alpha value is -1.74. The number of aliphatic hydroxyl groups is 1. The molecule has 0 aliphatic rings. The van der Waals surface area contributed by atoms with Gasteiger partial charge in [0.1, 0.15) is 0 Å². The van der Waals surface area contributed by atoms with Crippen LogP contribution in [0.25, 0.3) is 11.1 Å². The van der Waals surface area contributed by atoms with Gasteiger partial charge in [-0.25, -0.2) is 8.78 Å². The summed E-state index contributed by atoms with van der Waals surface area (Å²) >= 11 is 0. The maximum atomic E-state index is 13.7. The van der Waals surface area contributed by atoms with E-state index >= 15 is 0 Å². The summed E-state index contributed by atoms with van der Waals surface area (Å²) in [6.45, 7) is -0.0840. The van der Waals surface area contributed by atoms with Gasteiger partial charge in [-0.1, -0.05) is 30.3 Å². The number of halogens is 2. The largest absolute Gasteiger partial charge is 0.396 e. The van der Waals surface area contributed by atoms with Crippen LogP contribution in [0.3, 0.4) is 0 Å². The average molecular weight is 234 g/mol. The van der Waals surface area contributed by atoms with Crippen molar-refractivity contribution in [3.63, 3.8) is 0 Å². The molecule has 0 radical (unpaired) electrons. The summed E-state index contributed by atoms with van der Waals surface area (Å²) in [5, 5.41) is 8.83. The Balaban J connectivity index is 2.53. The summed E-state index contributed by atoms with van der Waals surface area (Å²) in [6.07, 6.45) is 0.317. The molecule has 0 saturated heterocycles. The number of rotatable bonds is 3. The topological polar surface area (TPSA) is 20.2 Å². The van der Waals surface area contributed by atoms with E-state index in [4.69, 9.17) is 5.11 Å². The van der Waals surface area contributed by atoms with Gasteiger partial charge in [0.2, 0.25) is 0 Å². The van der Waals surface area contributed by atoms with E-state index < -0.39 is 11.6 Å². The molecular formula is C14H12F2O. The first-order valence-corrected chi connectivity index (χ1v) is 5.36. The molecule has 1 nitrogen and oxygen atoms in total. The molecule has 2 aromatic carbocycles. The minimum Gasteiger partial charge on any atom is -0.396 e. The summed E-state index contributed by atoms with van der Waals surface area (Å²) in [6, 6.07) is 11.5. The van der Waals surface area contributed by atoms with E-state index in [-0.39, 0.29) is 12.2 Å². The third-order valence-electron chi connectivity index (χ3n) is 2.57. The summed E-state index contributed by atoms with van der Waals surface area (Å²) in [5.74, 6) is -1.73. The Morgan fingerprint density at radius 2 is 1.71 bits per heavy atom. The highest BCUT2D eigenvalue weighted by Gasteiger charge is 2.11. The van der Waals surface area contributed by atoms with Gasteiger partial charge in [0.25, 0.3) is 0 Å². The van der Waals surface area contributed by atoms with Crippen LogP contribution in [-0.4, -0.2) is 11.7 Å². The van der Waals surface area contributed by atoms with Crippen LogP contribution in [0.15, 0.2) is 42.5 Å². The first kappa shape index (κ1) is 11.7. The van der Waals surface area contributed by atoms with Crippen LogP contribution >= 0.6 is 0 Å². The molecule has 0 unspecified atom stereocenters. The van der Waals surface area contributed by atoms with Gasteiger partial charge < -0.3 is 5.11 Å². The minimum absolute atomic E-state index is 0.0840. The van der Waals surface area contributed by atoms with Crippen LogP contribution in [0.2, 0.25) is 0 Å². The van der Waals surface area contributed by atoms with Crippen LogP contribution < -0.4 is 0 Å².